The molecule has 2 aromatic rings. The fraction of sp³-hybridized carbons (Fsp3) is 0.400. The molecule has 1 aromatic heterocycles. The second-order valence-corrected chi connectivity index (χ2v) is 6.63. The van der Waals surface area contributed by atoms with E-state index in [4.69, 9.17) is 9.47 Å². The summed E-state index contributed by atoms with van der Waals surface area (Å²) in [6, 6.07) is 11.2. The number of methoxy groups -OCH3 is 1. The molecule has 26 heavy (non-hydrogen) atoms. The number of amides is 2. The second kappa shape index (κ2) is 8.08. The molecule has 0 radical (unpaired) electrons. The van der Waals surface area contributed by atoms with E-state index in [0.29, 0.717) is 24.1 Å². The van der Waals surface area contributed by atoms with Crippen molar-refractivity contribution in [1.29, 1.82) is 0 Å². The maximum absolute atomic E-state index is 12.3. The first-order valence-corrected chi connectivity index (χ1v) is 8.84. The van der Waals surface area contributed by atoms with Crippen molar-refractivity contribution in [2.75, 3.05) is 14.2 Å². The third-order valence-electron chi connectivity index (χ3n) is 4.76. The zero-order valence-corrected chi connectivity index (χ0v) is 15.4. The molecular formula is C20H25N3O3. The molecule has 1 aliphatic carbocycles. The van der Waals surface area contributed by atoms with Crippen LogP contribution < -0.4 is 14.8 Å². The van der Waals surface area contributed by atoms with Gasteiger partial charge in [-0.05, 0) is 61.6 Å². The smallest absolute Gasteiger partial charge is 0.317 e. The van der Waals surface area contributed by atoms with Crippen molar-refractivity contribution in [3.8, 4) is 17.4 Å². The van der Waals surface area contributed by atoms with Crippen LogP contribution in [0.3, 0.4) is 0 Å². The molecule has 1 aliphatic rings. The highest BCUT2D eigenvalue weighted by Gasteiger charge is 2.32. The number of rotatable bonds is 7. The fourth-order valence-electron chi connectivity index (χ4n) is 2.76. The van der Waals surface area contributed by atoms with Crippen LogP contribution in [0.4, 0.5) is 4.79 Å². The Kier molecular flexibility index (Phi) is 5.61. The molecule has 6 heteroatoms. The van der Waals surface area contributed by atoms with Crippen molar-refractivity contribution < 1.29 is 14.3 Å². The highest BCUT2D eigenvalue weighted by Crippen LogP contribution is 2.34. The van der Waals surface area contributed by atoms with E-state index < -0.39 is 0 Å². The predicted octanol–water partition coefficient (Wildman–Crippen LogP) is 3.82. The zero-order valence-electron chi connectivity index (χ0n) is 15.4. The van der Waals surface area contributed by atoms with Gasteiger partial charge in [0.1, 0.15) is 11.5 Å². The van der Waals surface area contributed by atoms with Crippen molar-refractivity contribution in [3.63, 3.8) is 0 Å². The Labute approximate surface area is 154 Å². The van der Waals surface area contributed by atoms with Gasteiger partial charge in [0.25, 0.3) is 0 Å². The number of carbonyl (C=O) groups excluding carboxylic acids is 1. The van der Waals surface area contributed by atoms with Crippen LogP contribution in [-0.4, -0.2) is 36.1 Å². The summed E-state index contributed by atoms with van der Waals surface area (Å²) in [6.45, 7) is 2.53. The summed E-state index contributed by atoms with van der Waals surface area (Å²) in [5.74, 6) is 2.58. The first kappa shape index (κ1) is 18.0. The van der Waals surface area contributed by atoms with Gasteiger partial charge in [0.15, 0.2) is 0 Å². The minimum atomic E-state index is -0.0566. The molecule has 2 amide bonds. The summed E-state index contributed by atoms with van der Waals surface area (Å²) < 4.78 is 10.9. The zero-order chi connectivity index (χ0) is 18.5. The van der Waals surface area contributed by atoms with Gasteiger partial charge in [0.05, 0.1) is 7.11 Å². The van der Waals surface area contributed by atoms with Gasteiger partial charge in [0.2, 0.25) is 5.88 Å². The van der Waals surface area contributed by atoms with Gasteiger partial charge in [0, 0.05) is 31.9 Å². The van der Waals surface area contributed by atoms with Crippen LogP contribution in [-0.2, 0) is 6.54 Å². The monoisotopic (exact) mass is 355 g/mol. The third kappa shape index (κ3) is 4.65. The lowest BCUT2D eigenvalue weighted by Crippen LogP contribution is -2.42. The molecule has 3 rings (SSSR count). The summed E-state index contributed by atoms with van der Waals surface area (Å²) in [6.07, 6.45) is 4.11. The third-order valence-corrected chi connectivity index (χ3v) is 4.76. The number of ether oxygens (including phenoxy) is 2. The Morgan fingerprint density at radius 2 is 1.96 bits per heavy atom. The first-order chi connectivity index (χ1) is 12.6. The van der Waals surface area contributed by atoms with E-state index in [1.807, 2.05) is 43.4 Å². The SMILES string of the molecule is COc1ccc(Oc2cc(CNC(=O)N(C)C(C)C3CC3)ccn2)cc1. The summed E-state index contributed by atoms with van der Waals surface area (Å²) in [5, 5.41) is 2.96. The summed E-state index contributed by atoms with van der Waals surface area (Å²) >= 11 is 0. The lowest BCUT2D eigenvalue weighted by molar-refractivity contribution is 0.187. The van der Waals surface area contributed by atoms with Crippen LogP contribution in [0.15, 0.2) is 42.6 Å². The van der Waals surface area contributed by atoms with Crippen molar-refractivity contribution in [2.45, 2.75) is 32.4 Å². The Balaban J connectivity index is 1.55. The molecular weight excluding hydrogens is 330 g/mol. The number of hydrogen-bond donors (Lipinski definition) is 1. The summed E-state index contributed by atoms with van der Waals surface area (Å²) in [4.78, 5) is 18.3. The number of hydrogen-bond acceptors (Lipinski definition) is 4. The molecule has 1 fully saturated rings. The van der Waals surface area contributed by atoms with E-state index >= 15 is 0 Å². The minimum Gasteiger partial charge on any atom is -0.497 e. The molecule has 0 aliphatic heterocycles. The molecule has 1 N–H and O–H groups in total. The Hall–Kier alpha value is -2.76. The highest BCUT2D eigenvalue weighted by molar-refractivity contribution is 5.74. The van der Waals surface area contributed by atoms with Gasteiger partial charge >= 0.3 is 6.03 Å². The molecule has 1 heterocycles. The van der Waals surface area contributed by atoms with Crippen LogP contribution in [0.5, 0.6) is 17.4 Å². The van der Waals surface area contributed by atoms with Gasteiger partial charge in [-0.25, -0.2) is 9.78 Å². The molecule has 1 saturated carbocycles. The number of benzene rings is 1. The highest BCUT2D eigenvalue weighted by atomic mass is 16.5. The molecule has 0 saturated heterocycles. The Morgan fingerprint density at radius 1 is 1.27 bits per heavy atom. The average Bonchev–Trinajstić information content (AvgIpc) is 3.51. The topological polar surface area (TPSA) is 63.7 Å². The number of urea groups is 1. The fourth-order valence-corrected chi connectivity index (χ4v) is 2.76. The van der Waals surface area contributed by atoms with Gasteiger partial charge in [-0.2, -0.15) is 0 Å². The first-order valence-electron chi connectivity index (χ1n) is 8.84. The van der Waals surface area contributed by atoms with Gasteiger partial charge in [-0.1, -0.05) is 0 Å². The maximum Gasteiger partial charge on any atom is 0.317 e. The summed E-state index contributed by atoms with van der Waals surface area (Å²) in [7, 11) is 3.47. The molecule has 0 bridgehead atoms. The number of carbonyl (C=O) groups is 1. The van der Waals surface area contributed by atoms with Crippen molar-refractivity contribution in [2.24, 2.45) is 5.92 Å². The van der Waals surface area contributed by atoms with Crippen LogP contribution in [0.2, 0.25) is 0 Å². The van der Waals surface area contributed by atoms with Gasteiger partial charge in [-0.15, -0.1) is 0 Å². The molecule has 1 unspecified atom stereocenters. The minimum absolute atomic E-state index is 0.0566. The normalized spacial score (nSPS) is 14.4. The largest absolute Gasteiger partial charge is 0.497 e. The maximum atomic E-state index is 12.3. The summed E-state index contributed by atoms with van der Waals surface area (Å²) in [5.41, 5.74) is 0.935. The van der Waals surface area contributed by atoms with E-state index in [1.165, 1.54) is 12.8 Å². The Morgan fingerprint density at radius 3 is 2.62 bits per heavy atom. The second-order valence-electron chi connectivity index (χ2n) is 6.63. The molecule has 1 aromatic carbocycles. The van der Waals surface area contributed by atoms with Crippen molar-refractivity contribution in [3.05, 3.63) is 48.2 Å². The lowest BCUT2D eigenvalue weighted by Gasteiger charge is -2.25. The van der Waals surface area contributed by atoms with Gasteiger partial charge in [-0.3, -0.25) is 0 Å². The number of nitrogens with one attached hydrogen (secondary N) is 1. The molecule has 1 atom stereocenters. The van der Waals surface area contributed by atoms with Crippen molar-refractivity contribution in [1.82, 2.24) is 15.2 Å². The number of pyridine rings is 1. The van der Waals surface area contributed by atoms with E-state index in [9.17, 15) is 4.79 Å². The average molecular weight is 355 g/mol. The predicted molar refractivity (Wildman–Crippen MR) is 99.5 cm³/mol. The quantitative estimate of drug-likeness (QED) is 0.820. The van der Waals surface area contributed by atoms with Crippen molar-refractivity contribution >= 4 is 6.03 Å². The lowest BCUT2D eigenvalue weighted by atomic mass is 10.2. The van der Waals surface area contributed by atoms with E-state index in [1.54, 1.807) is 18.2 Å². The van der Waals surface area contributed by atoms with Crippen LogP contribution in [0.1, 0.15) is 25.3 Å². The molecule has 6 nitrogen and oxygen atoms in total. The van der Waals surface area contributed by atoms with Crippen LogP contribution in [0.25, 0.3) is 0 Å². The van der Waals surface area contributed by atoms with E-state index in [2.05, 4.69) is 17.2 Å². The van der Waals surface area contributed by atoms with Crippen LogP contribution in [0, 0.1) is 5.92 Å². The van der Waals surface area contributed by atoms with Gasteiger partial charge < -0.3 is 19.7 Å². The number of nitrogens with zero attached hydrogens (tertiary/aromatic N) is 2. The number of aromatic nitrogens is 1. The van der Waals surface area contributed by atoms with E-state index in [0.717, 1.165) is 11.3 Å². The standard InChI is InChI=1S/C20H25N3O3/c1-14(16-4-5-16)23(2)20(24)22-13-15-10-11-21-19(12-15)26-18-8-6-17(25-3)7-9-18/h6-12,14,16H,4-5,13H2,1-3H3,(H,22,24). The molecule has 138 valence electrons. The molecule has 0 spiro atoms. The van der Waals surface area contributed by atoms with Crippen LogP contribution >= 0.6 is 0 Å². The van der Waals surface area contributed by atoms with E-state index in [-0.39, 0.29) is 12.1 Å². The Bertz CT molecular complexity index is 744.